The highest BCUT2D eigenvalue weighted by Crippen LogP contribution is 2.23. The minimum absolute atomic E-state index is 0.147. The van der Waals surface area contributed by atoms with E-state index in [2.05, 4.69) is 5.32 Å². The zero-order valence-electron chi connectivity index (χ0n) is 13.6. The van der Waals surface area contributed by atoms with Crippen LogP contribution in [0.25, 0.3) is 10.9 Å². The lowest BCUT2D eigenvalue weighted by Crippen LogP contribution is -2.30. The fourth-order valence-corrected chi connectivity index (χ4v) is 3.40. The molecule has 1 aliphatic rings. The first kappa shape index (κ1) is 15.6. The third kappa shape index (κ3) is 2.82. The van der Waals surface area contributed by atoms with E-state index in [1.165, 1.54) is 12.1 Å². The molecule has 3 aromatic rings. The predicted molar refractivity (Wildman–Crippen MR) is 94.1 cm³/mol. The monoisotopic (exact) mass is 336 g/mol. The van der Waals surface area contributed by atoms with Gasteiger partial charge in [0.2, 0.25) is 5.43 Å². The minimum Gasteiger partial charge on any atom is -0.348 e. The minimum atomic E-state index is -0.407. The Morgan fingerprint density at radius 2 is 1.96 bits per heavy atom. The SMILES string of the molecule is O=C(NCc1ccc(F)cc1)c1cn2c3c(cccc3c1=O)CCC2. The van der Waals surface area contributed by atoms with Crippen LogP contribution in [0.1, 0.15) is 27.9 Å². The lowest BCUT2D eigenvalue weighted by Gasteiger charge is -2.20. The van der Waals surface area contributed by atoms with Crippen LogP contribution in [0, 0.1) is 5.82 Å². The molecule has 0 radical (unpaired) electrons. The second-order valence-corrected chi connectivity index (χ2v) is 6.29. The van der Waals surface area contributed by atoms with Crippen molar-refractivity contribution in [3.05, 3.63) is 81.4 Å². The molecule has 1 aromatic heterocycles. The third-order valence-corrected chi connectivity index (χ3v) is 4.64. The van der Waals surface area contributed by atoms with E-state index in [0.29, 0.717) is 5.39 Å². The van der Waals surface area contributed by atoms with Gasteiger partial charge in [-0.15, -0.1) is 0 Å². The quantitative estimate of drug-likeness (QED) is 0.799. The topological polar surface area (TPSA) is 51.1 Å². The maximum Gasteiger partial charge on any atom is 0.257 e. The van der Waals surface area contributed by atoms with Crippen LogP contribution in [0.15, 0.2) is 53.5 Å². The fourth-order valence-electron chi connectivity index (χ4n) is 3.40. The van der Waals surface area contributed by atoms with Crippen molar-refractivity contribution in [2.75, 3.05) is 0 Å². The Kier molecular flexibility index (Phi) is 3.84. The number of nitrogens with one attached hydrogen (secondary N) is 1. The fraction of sp³-hybridized carbons (Fsp3) is 0.200. The van der Waals surface area contributed by atoms with Crippen molar-refractivity contribution in [3.63, 3.8) is 0 Å². The van der Waals surface area contributed by atoms with Crippen molar-refractivity contribution < 1.29 is 9.18 Å². The molecule has 4 nitrogen and oxygen atoms in total. The van der Waals surface area contributed by atoms with E-state index in [4.69, 9.17) is 0 Å². The smallest absolute Gasteiger partial charge is 0.257 e. The molecule has 0 saturated carbocycles. The first-order valence-corrected chi connectivity index (χ1v) is 8.31. The Morgan fingerprint density at radius 3 is 2.76 bits per heavy atom. The number of carbonyl (C=O) groups excluding carboxylic acids is 1. The second kappa shape index (κ2) is 6.16. The lowest BCUT2D eigenvalue weighted by atomic mass is 10.00. The summed E-state index contributed by atoms with van der Waals surface area (Å²) < 4.78 is 14.9. The second-order valence-electron chi connectivity index (χ2n) is 6.29. The van der Waals surface area contributed by atoms with E-state index in [0.717, 1.165) is 36.0 Å². The maximum absolute atomic E-state index is 12.9. The van der Waals surface area contributed by atoms with Crippen molar-refractivity contribution in [1.29, 1.82) is 0 Å². The number of rotatable bonds is 3. The molecule has 0 saturated heterocycles. The summed E-state index contributed by atoms with van der Waals surface area (Å²) in [5, 5.41) is 3.34. The molecule has 5 heteroatoms. The molecular formula is C20H17FN2O2. The van der Waals surface area contributed by atoms with Crippen LogP contribution < -0.4 is 10.7 Å². The number of carbonyl (C=O) groups is 1. The maximum atomic E-state index is 12.9. The Bertz CT molecular complexity index is 1020. The molecule has 1 N–H and O–H groups in total. The Hall–Kier alpha value is -2.95. The number of halogens is 1. The number of hydrogen-bond donors (Lipinski definition) is 1. The van der Waals surface area contributed by atoms with Crippen molar-refractivity contribution >= 4 is 16.8 Å². The van der Waals surface area contributed by atoms with Gasteiger partial charge in [-0.05, 0) is 42.2 Å². The van der Waals surface area contributed by atoms with Gasteiger partial charge in [0.05, 0.1) is 5.52 Å². The number of aryl methyl sites for hydroxylation is 2. The van der Waals surface area contributed by atoms with E-state index >= 15 is 0 Å². The molecule has 4 rings (SSSR count). The van der Waals surface area contributed by atoms with Gasteiger partial charge in [0.15, 0.2) is 0 Å². The summed E-state index contributed by atoms with van der Waals surface area (Å²) in [5.41, 5.74) is 2.77. The summed E-state index contributed by atoms with van der Waals surface area (Å²) in [6, 6.07) is 11.6. The molecule has 0 fully saturated rings. The predicted octanol–water partition coefficient (Wildman–Crippen LogP) is 3.02. The number of amides is 1. The molecule has 0 atom stereocenters. The van der Waals surface area contributed by atoms with Crippen LogP contribution in [0.4, 0.5) is 4.39 Å². The van der Waals surface area contributed by atoms with E-state index in [-0.39, 0.29) is 23.4 Å². The van der Waals surface area contributed by atoms with Gasteiger partial charge in [0, 0.05) is 24.7 Å². The van der Waals surface area contributed by atoms with Crippen molar-refractivity contribution in [3.8, 4) is 0 Å². The van der Waals surface area contributed by atoms with Gasteiger partial charge >= 0.3 is 0 Å². The van der Waals surface area contributed by atoms with Gasteiger partial charge in [0.1, 0.15) is 11.4 Å². The Morgan fingerprint density at radius 1 is 1.16 bits per heavy atom. The Balaban J connectivity index is 1.67. The first-order chi connectivity index (χ1) is 12.1. The highest BCUT2D eigenvalue weighted by atomic mass is 19.1. The number of hydrogen-bond acceptors (Lipinski definition) is 2. The summed E-state index contributed by atoms with van der Waals surface area (Å²) in [4.78, 5) is 25.3. The van der Waals surface area contributed by atoms with Gasteiger partial charge in [-0.25, -0.2) is 4.39 Å². The zero-order valence-corrected chi connectivity index (χ0v) is 13.6. The number of pyridine rings is 1. The molecule has 126 valence electrons. The van der Waals surface area contributed by atoms with Crippen molar-refractivity contribution in [2.24, 2.45) is 0 Å². The van der Waals surface area contributed by atoms with Gasteiger partial charge in [0.25, 0.3) is 5.91 Å². The van der Waals surface area contributed by atoms with E-state index < -0.39 is 5.91 Å². The van der Waals surface area contributed by atoms with Gasteiger partial charge in [-0.3, -0.25) is 9.59 Å². The lowest BCUT2D eigenvalue weighted by molar-refractivity contribution is 0.0949. The largest absolute Gasteiger partial charge is 0.348 e. The first-order valence-electron chi connectivity index (χ1n) is 8.31. The number of nitrogens with zero attached hydrogens (tertiary/aromatic N) is 1. The van der Waals surface area contributed by atoms with Gasteiger partial charge in [-0.2, -0.15) is 0 Å². The number of aromatic nitrogens is 1. The molecule has 1 aliphatic heterocycles. The van der Waals surface area contributed by atoms with Crippen LogP contribution in [0.2, 0.25) is 0 Å². The highest BCUT2D eigenvalue weighted by Gasteiger charge is 2.19. The number of para-hydroxylation sites is 1. The van der Waals surface area contributed by atoms with Crippen molar-refractivity contribution in [1.82, 2.24) is 9.88 Å². The third-order valence-electron chi connectivity index (χ3n) is 4.64. The van der Waals surface area contributed by atoms with E-state index in [9.17, 15) is 14.0 Å². The molecule has 2 heterocycles. The average Bonchev–Trinajstić information content (AvgIpc) is 2.64. The highest BCUT2D eigenvalue weighted by molar-refractivity contribution is 5.97. The summed E-state index contributed by atoms with van der Waals surface area (Å²) in [7, 11) is 0. The standard InChI is InChI=1S/C20H17FN2O2/c21-15-8-6-13(7-9-15)11-22-20(25)17-12-23-10-2-4-14-3-1-5-16(18(14)23)19(17)24/h1,3,5-9,12H,2,4,10-11H2,(H,22,25). The van der Waals surface area contributed by atoms with Crippen molar-refractivity contribution in [2.45, 2.75) is 25.9 Å². The van der Waals surface area contributed by atoms with Crippen LogP contribution in [0.5, 0.6) is 0 Å². The van der Waals surface area contributed by atoms with Gasteiger partial charge < -0.3 is 9.88 Å². The molecule has 0 unspecified atom stereocenters. The molecule has 1 amide bonds. The Labute approximate surface area is 143 Å². The van der Waals surface area contributed by atoms with E-state index in [1.807, 2.05) is 16.7 Å². The number of benzene rings is 2. The summed E-state index contributed by atoms with van der Waals surface area (Å²) in [6.07, 6.45) is 3.60. The molecule has 0 bridgehead atoms. The molecule has 0 aliphatic carbocycles. The summed E-state index contributed by atoms with van der Waals surface area (Å²) >= 11 is 0. The van der Waals surface area contributed by atoms with Crippen LogP contribution in [-0.2, 0) is 19.5 Å². The van der Waals surface area contributed by atoms with E-state index in [1.54, 1.807) is 24.4 Å². The van der Waals surface area contributed by atoms with Crippen LogP contribution >= 0.6 is 0 Å². The van der Waals surface area contributed by atoms with Crippen LogP contribution in [-0.4, -0.2) is 10.5 Å². The molecule has 25 heavy (non-hydrogen) atoms. The normalized spacial score (nSPS) is 13.0. The summed E-state index contributed by atoms with van der Waals surface area (Å²) in [6.45, 7) is 1.04. The molecule has 0 spiro atoms. The van der Waals surface area contributed by atoms with Crippen LogP contribution in [0.3, 0.4) is 0 Å². The molecule has 2 aromatic carbocycles. The zero-order chi connectivity index (χ0) is 17.4. The molecular weight excluding hydrogens is 319 g/mol. The van der Waals surface area contributed by atoms with Gasteiger partial charge in [-0.1, -0.05) is 24.3 Å². The summed E-state index contributed by atoms with van der Waals surface area (Å²) in [5.74, 6) is -0.728. The average molecular weight is 336 g/mol.